The fourth-order valence-electron chi connectivity index (χ4n) is 3.70. The Kier molecular flexibility index (Phi) is 11.8. The van der Waals surface area contributed by atoms with Gasteiger partial charge in [-0.1, -0.05) is 39.3 Å². The van der Waals surface area contributed by atoms with Crippen molar-refractivity contribution in [2.24, 2.45) is 10.2 Å². The molecular weight excluding hydrogens is 468 g/mol. The van der Waals surface area contributed by atoms with Crippen LogP contribution >= 0.6 is 12.6 Å². The number of aryl methyl sites for hydroxylation is 2. The van der Waals surface area contributed by atoms with Gasteiger partial charge in [0.1, 0.15) is 11.7 Å². The zero-order valence-corrected chi connectivity index (χ0v) is 23.4. The molecule has 1 N–H and O–H groups in total. The summed E-state index contributed by atoms with van der Waals surface area (Å²) in [4.78, 5) is 7.53. The number of aromatic nitrogens is 4. The Morgan fingerprint density at radius 3 is 2.33 bits per heavy atom. The highest BCUT2D eigenvalue weighted by atomic mass is 32.1. The van der Waals surface area contributed by atoms with Gasteiger partial charge in [0.25, 0.3) is 0 Å². The summed E-state index contributed by atoms with van der Waals surface area (Å²) in [6.07, 6.45) is 2.02. The Morgan fingerprint density at radius 1 is 1.06 bits per heavy atom. The van der Waals surface area contributed by atoms with E-state index in [1.807, 2.05) is 45.0 Å². The Bertz CT molecular complexity index is 1190. The zero-order chi connectivity index (χ0) is 26.7. The molecule has 0 radical (unpaired) electrons. The average Bonchev–Trinajstić information content (AvgIpc) is 3.28. The van der Waals surface area contributed by atoms with Crippen LogP contribution < -0.4 is 5.32 Å². The number of hydrogen-bond donors (Lipinski definition) is 2. The van der Waals surface area contributed by atoms with Gasteiger partial charge in [0.05, 0.1) is 11.4 Å². The van der Waals surface area contributed by atoms with Gasteiger partial charge in [0.2, 0.25) is 0 Å². The van der Waals surface area contributed by atoms with E-state index >= 15 is 0 Å². The predicted octanol–water partition coefficient (Wildman–Crippen LogP) is 5.35. The second kappa shape index (κ2) is 14.5. The van der Waals surface area contributed by atoms with Gasteiger partial charge in [0, 0.05) is 42.2 Å². The minimum absolute atomic E-state index is 0.707. The first-order chi connectivity index (χ1) is 17.4. The van der Waals surface area contributed by atoms with Gasteiger partial charge in [-0.05, 0) is 44.9 Å². The van der Waals surface area contributed by atoms with Crippen LogP contribution in [0.1, 0.15) is 57.5 Å². The normalized spacial score (nSPS) is 14.1. The molecule has 1 aromatic carbocycles. The average molecular weight is 509 g/mol. The summed E-state index contributed by atoms with van der Waals surface area (Å²) in [7, 11) is 0. The van der Waals surface area contributed by atoms with Crippen LogP contribution in [-0.4, -0.2) is 62.4 Å². The fourth-order valence-corrected chi connectivity index (χ4v) is 4.04. The minimum Gasteiger partial charge on any atom is -0.356 e. The lowest BCUT2D eigenvalue weighted by molar-refractivity contribution is 0.355. The third kappa shape index (κ3) is 7.48. The minimum atomic E-state index is 0.707. The first kappa shape index (κ1) is 29.2. The Balaban J connectivity index is 0.000000850. The summed E-state index contributed by atoms with van der Waals surface area (Å²) in [5.41, 5.74) is 5.52. The molecule has 0 saturated carbocycles. The lowest BCUT2D eigenvalue weighted by atomic mass is 10.0. The lowest BCUT2D eigenvalue weighted by Gasteiger charge is -2.28. The van der Waals surface area contributed by atoms with Crippen LogP contribution in [-0.2, 0) is 0 Å². The maximum atomic E-state index is 4.75. The number of amidine groups is 1. The zero-order valence-electron chi connectivity index (χ0n) is 22.5. The summed E-state index contributed by atoms with van der Waals surface area (Å²) in [5.74, 6) is 1.65. The highest BCUT2D eigenvalue weighted by molar-refractivity contribution is 7.80. The maximum Gasteiger partial charge on any atom is 0.179 e. The van der Waals surface area contributed by atoms with E-state index in [4.69, 9.17) is 12.6 Å². The van der Waals surface area contributed by atoms with Crippen LogP contribution in [0.2, 0.25) is 0 Å². The first-order valence-corrected chi connectivity index (χ1v) is 12.9. The van der Waals surface area contributed by atoms with Gasteiger partial charge in [-0.25, -0.2) is 4.98 Å². The molecule has 1 saturated heterocycles. The molecule has 0 atom stereocenters. The number of nitrogens with one attached hydrogen (secondary N) is 1. The van der Waals surface area contributed by atoms with Crippen molar-refractivity contribution in [2.75, 3.05) is 26.2 Å². The number of thiol groups is 1. The molecule has 9 heteroatoms. The Hall–Kier alpha value is -3.04. The standard InChI is InChI=1S/C22H28N8S.C3H8.C2H4/c1-5-19(26-25-16(4)29-10-8-23-9-11-29)18-7-6-17(13-21(18)31)20-12-14(2)22-24-15(3)27-30(22)28-20;1-3-2;1-2/h6-7,12-13,23,31H,5,8-11H2,1-4H3;3H2,1-2H3;1-2H2/b25-16+,26-19+;;. The molecule has 1 aliphatic rings. The molecule has 2 aromatic heterocycles. The third-order valence-corrected chi connectivity index (χ3v) is 5.80. The summed E-state index contributed by atoms with van der Waals surface area (Å²) >= 11 is 4.75. The molecule has 3 aromatic rings. The predicted molar refractivity (Wildman–Crippen MR) is 155 cm³/mol. The Labute approximate surface area is 221 Å². The maximum absolute atomic E-state index is 4.75. The van der Waals surface area contributed by atoms with Gasteiger partial charge in [-0.2, -0.15) is 5.10 Å². The van der Waals surface area contributed by atoms with Crippen LogP contribution in [0.5, 0.6) is 0 Å². The van der Waals surface area contributed by atoms with E-state index in [1.165, 1.54) is 6.42 Å². The molecule has 0 amide bonds. The van der Waals surface area contributed by atoms with Crippen LogP contribution in [0.15, 0.2) is 52.5 Å². The van der Waals surface area contributed by atoms with Gasteiger partial charge >= 0.3 is 0 Å². The molecule has 4 rings (SSSR count). The lowest BCUT2D eigenvalue weighted by Crippen LogP contribution is -2.45. The molecular formula is C27H40N8S. The molecule has 0 bridgehead atoms. The van der Waals surface area contributed by atoms with E-state index in [2.05, 4.69) is 69.5 Å². The smallest absolute Gasteiger partial charge is 0.179 e. The SMILES string of the molecule is C=C.CC/C(=N\N=C(/C)N1CCNCC1)c1ccc(-c2cc(C)c3nc(C)nn3n2)cc1S.CCC. The van der Waals surface area contributed by atoms with Gasteiger partial charge < -0.3 is 10.2 Å². The second-order valence-corrected chi connectivity index (χ2v) is 8.89. The summed E-state index contributed by atoms with van der Waals surface area (Å²) in [6.45, 7) is 22.1. The van der Waals surface area contributed by atoms with E-state index in [-0.39, 0.29) is 0 Å². The number of fused-ring (bicyclic) bond motifs is 1. The number of nitrogens with zero attached hydrogens (tertiary/aromatic N) is 7. The highest BCUT2D eigenvalue weighted by Crippen LogP contribution is 2.26. The third-order valence-electron chi connectivity index (χ3n) is 5.43. The molecule has 0 unspecified atom stereocenters. The van der Waals surface area contributed by atoms with E-state index in [0.717, 1.165) is 77.1 Å². The summed E-state index contributed by atoms with van der Waals surface area (Å²) in [5, 5.41) is 21.4. The topological polar surface area (TPSA) is 83.1 Å². The number of benzene rings is 1. The second-order valence-electron chi connectivity index (χ2n) is 8.41. The van der Waals surface area contributed by atoms with Crippen molar-refractivity contribution in [1.82, 2.24) is 30.0 Å². The highest BCUT2D eigenvalue weighted by Gasteiger charge is 2.13. The number of hydrogen-bond acceptors (Lipinski definition) is 7. The van der Waals surface area contributed by atoms with E-state index < -0.39 is 0 Å². The summed E-state index contributed by atoms with van der Waals surface area (Å²) < 4.78 is 1.60. The van der Waals surface area contributed by atoms with E-state index in [0.29, 0.717) is 5.82 Å². The molecule has 0 spiro atoms. The molecule has 0 aliphatic carbocycles. The van der Waals surface area contributed by atoms with Crippen LogP contribution in [0, 0.1) is 13.8 Å². The molecule has 194 valence electrons. The molecule has 1 aliphatic heterocycles. The van der Waals surface area contributed by atoms with Gasteiger partial charge in [0.15, 0.2) is 5.65 Å². The number of piperazine rings is 1. The van der Waals surface area contributed by atoms with Crippen LogP contribution in [0.25, 0.3) is 16.9 Å². The van der Waals surface area contributed by atoms with Gasteiger partial charge in [-0.15, -0.1) is 45.7 Å². The molecule has 36 heavy (non-hydrogen) atoms. The van der Waals surface area contributed by atoms with Crippen molar-refractivity contribution in [3.8, 4) is 11.3 Å². The fraction of sp³-hybridized carbons (Fsp3) is 0.444. The van der Waals surface area contributed by atoms with Crippen molar-refractivity contribution < 1.29 is 0 Å². The van der Waals surface area contributed by atoms with E-state index in [1.54, 1.807) is 4.63 Å². The number of rotatable bonds is 4. The van der Waals surface area contributed by atoms with Crippen LogP contribution in [0.3, 0.4) is 0 Å². The van der Waals surface area contributed by atoms with Crippen LogP contribution in [0.4, 0.5) is 0 Å². The summed E-state index contributed by atoms with van der Waals surface area (Å²) in [6, 6.07) is 8.14. The largest absolute Gasteiger partial charge is 0.356 e. The quantitative estimate of drug-likeness (QED) is 0.163. The first-order valence-electron chi connectivity index (χ1n) is 12.5. The van der Waals surface area contributed by atoms with Crippen molar-refractivity contribution >= 4 is 29.8 Å². The van der Waals surface area contributed by atoms with E-state index in [9.17, 15) is 0 Å². The van der Waals surface area contributed by atoms with Crippen molar-refractivity contribution in [3.05, 3.63) is 54.4 Å². The van der Waals surface area contributed by atoms with Gasteiger partial charge in [-0.3, -0.25) is 0 Å². The van der Waals surface area contributed by atoms with Crippen molar-refractivity contribution in [1.29, 1.82) is 0 Å². The molecule has 8 nitrogen and oxygen atoms in total. The monoisotopic (exact) mass is 508 g/mol. The molecule has 1 fully saturated rings. The molecule has 3 heterocycles. The van der Waals surface area contributed by atoms with Crippen molar-refractivity contribution in [3.63, 3.8) is 0 Å². The Morgan fingerprint density at radius 2 is 1.72 bits per heavy atom. The van der Waals surface area contributed by atoms with Crippen molar-refractivity contribution in [2.45, 2.75) is 59.3 Å².